The SMILES string of the molecule is CCCn1nccc1NC(C)CC. The fourth-order valence-electron chi connectivity index (χ4n) is 1.20. The summed E-state index contributed by atoms with van der Waals surface area (Å²) in [6.07, 6.45) is 4.11. The molecule has 0 spiro atoms. The third-order valence-electron chi connectivity index (χ3n) is 2.16. The van der Waals surface area contributed by atoms with Gasteiger partial charge in [0, 0.05) is 18.7 Å². The number of aromatic nitrogens is 2. The molecule has 1 atom stereocenters. The van der Waals surface area contributed by atoms with E-state index in [-0.39, 0.29) is 0 Å². The first-order chi connectivity index (χ1) is 6.27. The molecule has 1 heterocycles. The standard InChI is InChI=1S/C10H19N3/c1-4-8-13-10(6-7-11-13)12-9(3)5-2/h6-7,9,12H,4-5,8H2,1-3H3. The monoisotopic (exact) mass is 181 g/mol. The van der Waals surface area contributed by atoms with Crippen molar-refractivity contribution in [3.05, 3.63) is 12.3 Å². The number of hydrogen-bond acceptors (Lipinski definition) is 2. The first-order valence-electron chi connectivity index (χ1n) is 5.06. The van der Waals surface area contributed by atoms with Gasteiger partial charge in [0.15, 0.2) is 0 Å². The van der Waals surface area contributed by atoms with Crippen LogP contribution >= 0.6 is 0 Å². The number of hydrogen-bond donors (Lipinski definition) is 1. The van der Waals surface area contributed by atoms with Gasteiger partial charge in [-0.25, -0.2) is 4.68 Å². The molecule has 0 aliphatic carbocycles. The summed E-state index contributed by atoms with van der Waals surface area (Å²) in [7, 11) is 0. The highest BCUT2D eigenvalue weighted by atomic mass is 15.3. The average Bonchev–Trinajstić information content (AvgIpc) is 2.54. The van der Waals surface area contributed by atoms with Crippen molar-refractivity contribution in [2.24, 2.45) is 0 Å². The molecule has 0 radical (unpaired) electrons. The van der Waals surface area contributed by atoms with Crippen LogP contribution in [0.15, 0.2) is 12.3 Å². The van der Waals surface area contributed by atoms with Crippen molar-refractivity contribution >= 4 is 5.82 Å². The van der Waals surface area contributed by atoms with Crippen LogP contribution in [0, 0.1) is 0 Å². The molecule has 3 heteroatoms. The first-order valence-corrected chi connectivity index (χ1v) is 5.06. The van der Waals surface area contributed by atoms with Gasteiger partial charge in [0.05, 0.1) is 6.20 Å². The molecule has 1 rings (SSSR count). The van der Waals surface area contributed by atoms with Crippen LogP contribution in [0.4, 0.5) is 5.82 Å². The third kappa shape index (κ3) is 2.76. The fraction of sp³-hybridized carbons (Fsp3) is 0.700. The molecule has 1 aromatic rings. The van der Waals surface area contributed by atoms with Crippen LogP contribution in [-0.4, -0.2) is 15.8 Å². The molecular weight excluding hydrogens is 162 g/mol. The minimum Gasteiger partial charge on any atom is -0.368 e. The van der Waals surface area contributed by atoms with Crippen LogP contribution < -0.4 is 5.32 Å². The van der Waals surface area contributed by atoms with Gasteiger partial charge < -0.3 is 5.32 Å². The van der Waals surface area contributed by atoms with Crippen LogP contribution in [0.5, 0.6) is 0 Å². The summed E-state index contributed by atoms with van der Waals surface area (Å²) in [6.45, 7) is 7.52. The molecular formula is C10H19N3. The minimum absolute atomic E-state index is 0.521. The van der Waals surface area contributed by atoms with Crippen LogP contribution in [-0.2, 0) is 6.54 Å². The maximum absolute atomic E-state index is 4.25. The summed E-state index contributed by atoms with van der Waals surface area (Å²) < 4.78 is 2.02. The van der Waals surface area contributed by atoms with E-state index >= 15 is 0 Å². The van der Waals surface area contributed by atoms with Gasteiger partial charge in [-0.3, -0.25) is 0 Å². The van der Waals surface area contributed by atoms with Crippen molar-refractivity contribution in [2.75, 3.05) is 5.32 Å². The molecule has 13 heavy (non-hydrogen) atoms. The highest BCUT2D eigenvalue weighted by Gasteiger charge is 2.03. The first kappa shape index (κ1) is 10.1. The Balaban J connectivity index is 2.59. The lowest BCUT2D eigenvalue weighted by atomic mass is 10.2. The van der Waals surface area contributed by atoms with Crippen molar-refractivity contribution in [1.29, 1.82) is 0 Å². The molecule has 0 aromatic carbocycles. The lowest BCUT2D eigenvalue weighted by Gasteiger charge is -2.13. The lowest BCUT2D eigenvalue weighted by molar-refractivity contribution is 0.600. The molecule has 1 unspecified atom stereocenters. The smallest absolute Gasteiger partial charge is 0.124 e. The highest BCUT2D eigenvalue weighted by Crippen LogP contribution is 2.09. The van der Waals surface area contributed by atoms with E-state index in [1.54, 1.807) is 0 Å². The summed E-state index contributed by atoms with van der Waals surface area (Å²) >= 11 is 0. The van der Waals surface area contributed by atoms with Crippen LogP contribution in [0.1, 0.15) is 33.6 Å². The van der Waals surface area contributed by atoms with Crippen molar-refractivity contribution in [1.82, 2.24) is 9.78 Å². The maximum atomic E-state index is 4.25. The summed E-state index contributed by atoms with van der Waals surface area (Å²) in [4.78, 5) is 0. The van der Waals surface area contributed by atoms with Gasteiger partial charge >= 0.3 is 0 Å². The average molecular weight is 181 g/mol. The van der Waals surface area contributed by atoms with E-state index in [2.05, 4.69) is 31.2 Å². The summed E-state index contributed by atoms with van der Waals surface area (Å²) in [5, 5.41) is 7.67. The van der Waals surface area contributed by atoms with Crippen molar-refractivity contribution in [2.45, 2.75) is 46.2 Å². The predicted octanol–water partition coefficient (Wildman–Crippen LogP) is 2.50. The van der Waals surface area contributed by atoms with Crippen molar-refractivity contribution < 1.29 is 0 Å². The predicted molar refractivity (Wildman–Crippen MR) is 55.9 cm³/mol. The van der Waals surface area contributed by atoms with Gasteiger partial charge in [-0.15, -0.1) is 0 Å². The molecule has 0 amide bonds. The van der Waals surface area contributed by atoms with E-state index in [1.165, 1.54) is 0 Å². The molecule has 74 valence electrons. The molecule has 0 fully saturated rings. The molecule has 0 saturated heterocycles. The van der Waals surface area contributed by atoms with Gasteiger partial charge in [-0.1, -0.05) is 13.8 Å². The second-order valence-electron chi connectivity index (χ2n) is 3.39. The van der Waals surface area contributed by atoms with Gasteiger partial charge in [-0.2, -0.15) is 5.10 Å². The second-order valence-corrected chi connectivity index (χ2v) is 3.39. The molecule has 0 aliphatic heterocycles. The quantitative estimate of drug-likeness (QED) is 0.756. The lowest BCUT2D eigenvalue weighted by Crippen LogP contribution is -2.17. The van der Waals surface area contributed by atoms with Crippen molar-refractivity contribution in [3.8, 4) is 0 Å². The van der Waals surface area contributed by atoms with E-state index in [0.717, 1.165) is 25.2 Å². The summed E-state index contributed by atoms with van der Waals surface area (Å²) in [6, 6.07) is 2.55. The number of nitrogens with zero attached hydrogens (tertiary/aromatic N) is 2. The Morgan fingerprint density at radius 3 is 2.92 bits per heavy atom. The summed E-state index contributed by atoms with van der Waals surface area (Å²) in [5.74, 6) is 1.14. The van der Waals surface area contributed by atoms with Crippen LogP contribution in [0.25, 0.3) is 0 Å². The van der Waals surface area contributed by atoms with Crippen LogP contribution in [0.2, 0.25) is 0 Å². The van der Waals surface area contributed by atoms with Crippen molar-refractivity contribution in [3.63, 3.8) is 0 Å². The van der Waals surface area contributed by atoms with E-state index in [9.17, 15) is 0 Å². The zero-order chi connectivity index (χ0) is 9.68. The van der Waals surface area contributed by atoms with E-state index in [1.807, 2.05) is 16.9 Å². The van der Waals surface area contributed by atoms with Gasteiger partial charge in [0.1, 0.15) is 5.82 Å². The van der Waals surface area contributed by atoms with E-state index in [4.69, 9.17) is 0 Å². The molecule has 1 N–H and O–H groups in total. The van der Waals surface area contributed by atoms with Gasteiger partial charge in [0.25, 0.3) is 0 Å². The third-order valence-corrected chi connectivity index (χ3v) is 2.16. The highest BCUT2D eigenvalue weighted by molar-refractivity contribution is 5.34. The van der Waals surface area contributed by atoms with E-state index in [0.29, 0.717) is 6.04 Å². The Labute approximate surface area is 80.1 Å². The second kappa shape index (κ2) is 4.90. The largest absolute Gasteiger partial charge is 0.368 e. The number of aryl methyl sites for hydroxylation is 1. The number of rotatable bonds is 5. The zero-order valence-corrected chi connectivity index (χ0v) is 8.75. The Hall–Kier alpha value is -0.990. The number of nitrogens with one attached hydrogen (secondary N) is 1. The molecule has 3 nitrogen and oxygen atoms in total. The Bertz CT molecular complexity index is 242. The van der Waals surface area contributed by atoms with Gasteiger partial charge in [0.2, 0.25) is 0 Å². The normalized spacial score (nSPS) is 12.8. The number of anilines is 1. The van der Waals surface area contributed by atoms with Gasteiger partial charge in [-0.05, 0) is 19.8 Å². The van der Waals surface area contributed by atoms with E-state index < -0.39 is 0 Å². The van der Waals surface area contributed by atoms with Crippen LogP contribution in [0.3, 0.4) is 0 Å². The Morgan fingerprint density at radius 2 is 2.31 bits per heavy atom. The summed E-state index contributed by atoms with van der Waals surface area (Å²) in [5.41, 5.74) is 0. The zero-order valence-electron chi connectivity index (χ0n) is 8.75. The molecule has 0 aliphatic rings. The topological polar surface area (TPSA) is 29.9 Å². The fourth-order valence-corrected chi connectivity index (χ4v) is 1.20. The Morgan fingerprint density at radius 1 is 1.54 bits per heavy atom. The molecule has 1 aromatic heterocycles. The molecule has 0 saturated carbocycles. The molecule has 0 bridgehead atoms. The minimum atomic E-state index is 0.521. The Kier molecular flexibility index (Phi) is 3.80. The maximum Gasteiger partial charge on any atom is 0.124 e.